The number of hydrogen-bond acceptors (Lipinski definition) is 0. The Kier molecular flexibility index (Phi) is 5.18. The molecule has 94 valence electrons. The van der Waals surface area contributed by atoms with Crippen molar-refractivity contribution in [1.82, 2.24) is 0 Å². The van der Waals surface area contributed by atoms with Gasteiger partial charge in [0.1, 0.15) is 0 Å². The van der Waals surface area contributed by atoms with Crippen LogP contribution in [0.25, 0.3) is 0 Å². The molecule has 0 aliphatic heterocycles. The van der Waals surface area contributed by atoms with Gasteiger partial charge in [0.15, 0.2) is 0 Å². The molecule has 0 saturated heterocycles. The predicted octanol–water partition coefficient (Wildman–Crippen LogP) is 5.86. The van der Waals surface area contributed by atoms with E-state index < -0.39 is 16.1 Å². The Morgan fingerprint density at radius 2 is 0.667 bits per heavy atom. The summed E-state index contributed by atoms with van der Waals surface area (Å²) in [4.78, 5) is 0. The van der Waals surface area contributed by atoms with E-state index >= 15 is 0 Å². The molecule has 0 rings (SSSR count). The average Bonchev–Trinajstić information content (AvgIpc) is 1.81. The molecule has 0 N–H and O–H groups in total. The lowest BCUT2D eigenvalue weighted by atomic mass is 9.97. The van der Waals surface area contributed by atoms with Gasteiger partial charge in [-0.3, -0.25) is 0 Å². The second-order valence-electron chi connectivity index (χ2n) is 7.75. The summed E-state index contributed by atoms with van der Waals surface area (Å²) in [5.74, 6) is 0. The highest BCUT2D eigenvalue weighted by Gasteiger charge is 2.52. The van der Waals surface area contributed by atoms with Gasteiger partial charge in [0.2, 0.25) is 0 Å². The molecule has 0 aliphatic carbocycles. The molecule has 0 unspecified atom stereocenters. The fourth-order valence-electron chi connectivity index (χ4n) is 1.88. The normalized spacial score (nSPS) is 14.8. The predicted molar refractivity (Wildman–Crippen MR) is 81.5 cm³/mol. The van der Waals surface area contributed by atoms with Crippen LogP contribution >= 0.6 is 0 Å². The van der Waals surface area contributed by atoms with Crippen molar-refractivity contribution in [2.24, 2.45) is 0 Å². The van der Waals surface area contributed by atoms with Crippen LogP contribution in [0, 0.1) is 0 Å². The van der Waals surface area contributed by atoms with Crippen LogP contribution in [-0.4, -0.2) is 16.1 Å². The SMILES string of the molecule is C.CC(C)(C(C)(C)[Si](C)(C)C)[Si](C)(C)C. The van der Waals surface area contributed by atoms with Crippen LogP contribution in [0.5, 0.6) is 0 Å². The van der Waals surface area contributed by atoms with Gasteiger partial charge in [0.05, 0.1) is 16.1 Å². The van der Waals surface area contributed by atoms with Crippen molar-refractivity contribution >= 4 is 16.1 Å². The van der Waals surface area contributed by atoms with Crippen LogP contribution in [0.4, 0.5) is 0 Å². The van der Waals surface area contributed by atoms with Gasteiger partial charge in [-0.25, -0.2) is 0 Å². The van der Waals surface area contributed by atoms with Crippen molar-refractivity contribution in [1.29, 1.82) is 0 Å². The zero-order chi connectivity index (χ0) is 12.0. The minimum absolute atomic E-state index is 0. The fraction of sp³-hybridized carbons (Fsp3) is 1.00. The number of hydrogen-bond donors (Lipinski definition) is 0. The first-order chi connectivity index (χ1) is 5.75. The first-order valence-corrected chi connectivity index (χ1v) is 12.8. The molecule has 0 radical (unpaired) electrons. The average molecular weight is 247 g/mol. The Morgan fingerprint density at radius 3 is 0.733 bits per heavy atom. The molecule has 0 nitrogen and oxygen atoms in total. The first kappa shape index (κ1) is 17.8. The molecule has 0 aromatic rings. The van der Waals surface area contributed by atoms with Gasteiger partial charge >= 0.3 is 0 Å². The largest absolute Gasteiger partial charge is 0.0776 e. The van der Waals surface area contributed by atoms with E-state index in [1.807, 2.05) is 0 Å². The second-order valence-corrected chi connectivity index (χ2v) is 19.2. The molecule has 0 aromatic carbocycles. The fourth-order valence-corrected chi connectivity index (χ4v) is 7.88. The van der Waals surface area contributed by atoms with E-state index in [0.29, 0.717) is 10.1 Å². The van der Waals surface area contributed by atoms with E-state index in [2.05, 4.69) is 67.0 Å². The van der Waals surface area contributed by atoms with E-state index in [1.54, 1.807) is 0 Å². The monoisotopic (exact) mass is 246 g/mol. The van der Waals surface area contributed by atoms with Gasteiger partial charge in [0.25, 0.3) is 0 Å². The maximum Gasteiger partial charge on any atom is 0.0501 e. The van der Waals surface area contributed by atoms with Gasteiger partial charge in [-0.05, 0) is 10.1 Å². The molecule has 2 heteroatoms. The van der Waals surface area contributed by atoms with Crippen molar-refractivity contribution in [2.75, 3.05) is 0 Å². The van der Waals surface area contributed by atoms with Crippen molar-refractivity contribution in [3.63, 3.8) is 0 Å². The highest BCUT2D eigenvalue weighted by Crippen LogP contribution is 2.61. The van der Waals surface area contributed by atoms with Crippen LogP contribution in [0.3, 0.4) is 0 Å². The molecule has 0 spiro atoms. The molecular formula is C13H34Si2. The molecular weight excluding hydrogens is 212 g/mol. The van der Waals surface area contributed by atoms with Crippen molar-refractivity contribution in [3.05, 3.63) is 0 Å². The molecule has 0 saturated carbocycles. The zero-order valence-corrected chi connectivity index (χ0v) is 14.0. The third-order valence-corrected chi connectivity index (χ3v) is 14.3. The molecule has 0 bridgehead atoms. The maximum atomic E-state index is 2.51. The molecule has 0 fully saturated rings. The minimum Gasteiger partial charge on any atom is -0.0776 e. The Balaban J connectivity index is 0. The van der Waals surface area contributed by atoms with E-state index in [9.17, 15) is 0 Å². The third kappa shape index (κ3) is 2.96. The Bertz CT molecular complexity index is 178. The summed E-state index contributed by atoms with van der Waals surface area (Å²) in [6, 6.07) is 0. The molecule has 0 amide bonds. The van der Waals surface area contributed by atoms with Crippen LogP contribution in [0.2, 0.25) is 49.4 Å². The van der Waals surface area contributed by atoms with E-state index in [-0.39, 0.29) is 7.43 Å². The van der Waals surface area contributed by atoms with Crippen molar-refractivity contribution < 1.29 is 0 Å². The van der Waals surface area contributed by atoms with Gasteiger partial charge in [-0.2, -0.15) is 0 Å². The van der Waals surface area contributed by atoms with Gasteiger partial charge in [-0.1, -0.05) is 74.4 Å². The summed E-state index contributed by atoms with van der Waals surface area (Å²) in [6.45, 7) is 25.0. The Morgan fingerprint density at radius 1 is 0.533 bits per heavy atom. The summed E-state index contributed by atoms with van der Waals surface area (Å²) in [5.41, 5.74) is 0. The smallest absolute Gasteiger partial charge is 0.0501 e. The van der Waals surface area contributed by atoms with Gasteiger partial charge in [0, 0.05) is 0 Å². The van der Waals surface area contributed by atoms with Crippen LogP contribution in [-0.2, 0) is 0 Å². The number of rotatable bonds is 3. The van der Waals surface area contributed by atoms with Crippen molar-refractivity contribution in [2.45, 2.75) is 84.5 Å². The van der Waals surface area contributed by atoms with E-state index in [1.165, 1.54) is 0 Å². The molecule has 0 heterocycles. The second kappa shape index (κ2) is 4.36. The topological polar surface area (TPSA) is 0 Å². The summed E-state index contributed by atoms with van der Waals surface area (Å²) < 4.78 is 0. The standard InChI is InChI=1S/C12H30Si2.CH4/c1-11(2,13(5,6)7)12(3,4)14(8,9)10;/h1-10H3;1H4. The molecule has 0 atom stereocenters. The minimum atomic E-state index is -1.10. The molecule has 0 aromatic heterocycles. The molecule has 15 heavy (non-hydrogen) atoms. The van der Waals surface area contributed by atoms with Gasteiger partial charge < -0.3 is 0 Å². The zero-order valence-electron chi connectivity index (χ0n) is 12.0. The third-order valence-electron chi connectivity index (χ3n) is 5.31. The van der Waals surface area contributed by atoms with Crippen LogP contribution in [0.15, 0.2) is 0 Å². The Labute approximate surface area is 101 Å². The summed E-state index contributed by atoms with van der Waals surface area (Å²) in [5, 5.41) is 1.04. The van der Waals surface area contributed by atoms with E-state index in [0.717, 1.165) is 0 Å². The van der Waals surface area contributed by atoms with Crippen molar-refractivity contribution in [3.8, 4) is 0 Å². The molecule has 0 aliphatic rings. The van der Waals surface area contributed by atoms with E-state index in [4.69, 9.17) is 0 Å². The van der Waals surface area contributed by atoms with Gasteiger partial charge in [-0.15, -0.1) is 0 Å². The summed E-state index contributed by atoms with van der Waals surface area (Å²) in [6.07, 6.45) is 0. The summed E-state index contributed by atoms with van der Waals surface area (Å²) >= 11 is 0. The quantitative estimate of drug-likeness (QED) is 0.547. The first-order valence-electron chi connectivity index (χ1n) is 5.75. The van der Waals surface area contributed by atoms with Crippen LogP contribution in [0.1, 0.15) is 35.1 Å². The lowest BCUT2D eigenvalue weighted by Gasteiger charge is -2.55. The van der Waals surface area contributed by atoms with Crippen LogP contribution < -0.4 is 0 Å². The lowest BCUT2D eigenvalue weighted by Crippen LogP contribution is -2.51. The highest BCUT2D eigenvalue weighted by atomic mass is 28.3. The summed E-state index contributed by atoms with van der Waals surface area (Å²) in [7, 11) is -2.19. The Hall–Kier alpha value is 0.434. The maximum absolute atomic E-state index is 2.51. The highest BCUT2D eigenvalue weighted by molar-refractivity contribution is 6.85. The lowest BCUT2D eigenvalue weighted by molar-refractivity contribution is 0.462.